The monoisotopic (exact) mass is 275 g/mol. The van der Waals surface area contributed by atoms with Crippen LogP contribution in [0.3, 0.4) is 0 Å². The Bertz CT molecular complexity index is 458. The number of rotatable bonds is 2. The largest absolute Gasteiger partial charge is 0.573 e. The molecule has 0 saturated carbocycles. The van der Waals surface area contributed by atoms with Gasteiger partial charge in [-0.3, -0.25) is 4.79 Å². The van der Waals surface area contributed by atoms with Gasteiger partial charge in [-0.1, -0.05) is 0 Å². The van der Waals surface area contributed by atoms with Crippen LogP contribution in [0, 0.1) is 0 Å². The van der Waals surface area contributed by atoms with Gasteiger partial charge >= 0.3 is 6.36 Å². The van der Waals surface area contributed by atoms with E-state index >= 15 is 0 Å². The van der Waals surface area contributed by atoms with Crippen LogP contribution < -0.4 is 4.74 Å². The molecule has 0 spiro atoms. The van der Waals surface area contributed by atoms with Crippen molar-refractivity contribution in [1.29, 1.82) is 0 Å². The van der Waals surface area contributed by atoms with Gasteiger partial charge in [-0.05, 0) is 30.7 Å². The average Bonchev–Trinajstić information content (AvgIpc) is 2.74. The van der Waals surface area contributed by atoms with Gasteiger partial charge in [-0.2, -0.15) is 0 Å². The quantitative estimate of drug-likeness (QED) is 0.895. The maximum atomic E-state index is 12.0. The lowest BCUT2D eigenvalue weighted by Gasteiger charge is -2.15. The molecule has 0 bridgehead atoms. The molecule has 1 aromatic carbocycles. The third kappa shape index (κ3) is 3.60. The fourth-order valence-electron chi connectivity index (χ4n) is 1.91. The van der Waals surface area contributed by atoms with Gasteiger partial charge in [0.1, 0.15) is 5.75 Å². The molecule has 2 rings (SSSR count). The number of aliphatic hydroxyl groups is 1. The molecular weight excluding hydrogens is 263 g/mol. The van der Waals surface area contributed by atoms with E-state index in [4.69, 9.17) is 0 Å². The molecule has 1 heterocycles. The van der Waals surface area contributed by atoms with Gasteiger partial charge in [0.15, 0.2) is 0 Å². The van der Waals surface area contributed by atoms with Gasteiger partial charge in [0, 0.05) is 18.7 Å². The fourth-order valence-corrected chi connectivity index (χ4v) is 1.91. The van der Waals surface area contributed by atoms with Crippen molar-refractivity contribution in [1.82, 2.24) is 4.90 Å². The van der Waals surface area contributed by atoms with Gasteiger partial charge in [0.2, 0.25) is 0 Å². The first-order chi connectivity index (χ1) is 8.85. The third-order valence-corrected chi connectivity index (χ3v) is 2.79. The van der Waals surface area contributed by atoms with E-state index in [1.165, 1.54) is 17.0 Å². The van der Waals surface area contributed by atoms with Crippen LogP contribution in [0.5, 0.6) is 5.75 Å². The summed E-state index contributed by atoms with van der Waals surface area (Å²) in [6, 6.07) is 4.72. The SMILES string of the molecule is O=C(c1ccc(OC(F)(F)F)cc1)N1CCC(O)C1. The van der Waals surface area contributed by atoms with E-state index in [-0.39, 0.29) is 23.8 Å². The zero-order chi connectivity index (χ0) is 14.0. The number of aliphatic hydroxyl groups excluding tert-OH is 1. The summed E-state index contributed by atoms with van der Waals surface area (Å²) < 4.78 is 39.6. The third-order valence-electron chi connectivity index (χ3n) is 2.79. The first kappa shape index (κ1) is 13.7. The molecule has 1 saturated heterocycles. The second-order valence-electron chi connectivity index (χ2n) is 4.27. The van der Waals surface area contributed by atoms with Crippen molar-refractivity contribution in [3.63, 3.8) is 0 Å². The molecule has 7 heteroatoms. The minimum absolute atomic E-state index is 0.250. The Morgan fingerprint density at radius 1 is 1.32 bits per heavy atom. The van der Waals surface area contributed by atoms with E-state index in [1.54, 1.807) is 0 Å². The molecular formula is C12H12F3NO3. The molecule has 1 N–H and O–H groups in total. The number of hydrogen-bond acceptors (Lipinski definition) is 3. The van der Waals surface area contributed by atoms with Gasteiger partial charge in [0.25, 0.3) is 5.91 Å². The fraction of sp³-hybridized carbons (Fsp3) is 0.417. The molecule has 19 heavy (non-hydrogen) atoms. The Kier molecular flexibility index (Phi) is 3.66. The first-order valence-corrected chi connectivity index (χ1v) is 5.68. The Morgan fingerprint density at radius 2 is 1.95 bits per heavy atom. The highest BCUT2D eigenvalue weighted by atomic mass is 19.4. The van der Waals surface area contributed by atoms with E-state index in [0.29, 0.717) is 13.0 Å². The molecule has 1 aliphatic heterocycles. The number of likely N-dealkylation sites (tertiary alicyclic amines) is 1. The summed E-state index contributed by atoms with van der Waals surface area (Å²) >= 11 is 0. The van der Waals surface area contributed by atoms with Crippen LogP contribution in [0.4, 0.5) is 13.2 Å². The van der Waals surface area contributed by atoms with Crippen molar-refractivity contribution in [3.8, 4) is 5.75 Å². The van der Waals surface area contributed by atoms with Crippen molar-refractivity contribution >= 4 is 5.91 Å². The Labute approximate surface area is 107 Å². The minimum Gasteiger partial charge on any atom is -0.406 e. The number of alkyl halides is 3. The van der Waals surface area contributed by atoms with Gasteiger partial charge in [-0.25, -0.2) is 0 Å². The van der Waals surface area contributed by atoms with E-state index in [1.807, 2.05) is 0 Å². The number of amides is 1. The van der Waals surface area contributed by atoms with Crippen LogP contribution in [0.15, 0.2) is 24.3 Å². The normalized spacial score (nSPS) is 19.6. The Balaban J connectivity index is 2.04. The minimum atomic E-state index is -4.75. The molecule has 0 radical (unpaired) electrons. The molecule has 4 nitrogen and oxygen atoms in total. The van der Waals surface area contributed by atoms with Gasteiger partial charge < -0.3 is 14.7 Å². The summed E-state index contributed by atoms with van der Waals surface area (Å²) in [5.74, 6) is -0.680. The summed E-state index contributed by atoms with van der Waals surface area (Å²) in [5.41, 5.74) is 0.267. The maximum Gasteiger partial charge on any atom is 0.573 e. The highest BCUT2D eigenvalue weighted by molar-refractivity contribution is 5.94. The van der Waals surface area contributed by atoms with Crippen molar-refractivity contribution in [2.45, 2.75) is 18.9 Å². The van der Waals surface area contributed by atoms with Gasteiger partial charge in [-0.15, -0.1) is 13.2 Å². The van der Waals surface area contributed by atoms with E-state index in [9.17, 15) is 23.1 Å². The highest BCUT2D eigenvalue weighted by Gasteiger charge is 2.31. The lowest BCUT2D eigenvalue weighted by atomic mass is 10.2. The highest BCUT2D eigenvalue weighted by Crippen LogP contribution is 2.23. The van der Waals surface area contributed by atoms with Crippen molar-refractivity contribution in [3.05, 3.63) is 29.8 Å². The zero-order valence-corrected chi connectivity index (χ0v) is 9.85. The molecule has 104 valence electrons. The Hall–Kier alpha value is -1.76. The summed E-state index contributed by atoms with van der Waals surface area (Å²) in [6.07, 6.45) is -4.76. The average molecular weight is 275 g/mol. The molecule has 0 aromatic heterocycles. The first-order valence-electron chi connectivity index (χ1n) is 5.68. The predicted molar refractivity (Wildman–Crippen MR) is 59.7 cm³/mol. The Morgan fingerprint density at radius 3 is 2.42 bits per heavy atom. The lowest BCUT2D eigenvalue weighted by Crippen LogP contribution is -2.29. The maximum absolute atomic E-state index is 12.0. The molecule has 1 fully saturated rings. The van der Waals surface area contributed by atoms with E-state index in [0.717, 1.165) is 12.1 Å². The standard InChI is InChI=1S/C12H12F3NO3/c13-12(14,15)19-10-3-1-8(2-4-10)11(18)16-6-5-9(17)7-16/h1-4,9,17H,5-7H2. The number of β-amino-alcohol motifs (C(OH)–C–C–N with tert-alkyl or cyclic N) is 1. The molecule has 1 aromatic rings. The summed E-state index contributed by atoms with van der Waals surface area (Å²) in [6.45, 7) is 0.695. The number of nitrogens with zero attached hydrogens (tertiary/aromatic N) is 1. The van der Waals surface area contributed by atoms with Gasteiger partial charge in [0.05, 0.1) is 6.10 Å². The van der Waals surface area contributed by atoms with E-state index < -0.39 is 12.5 Å². The zero-order valence-electron chi connectivity index (χ0n) is 9.85. The summed E-state index contributed by atoms with van der Waals surface area (Å²) in [7, 11) is 0. The lowest BCUT2D eigenvalue weighted by molar-refractivity contribution is -0.274. The molecule has 1 unspecified atom stereocenters. The predicted octanol–water partition coefficient (Wildman–Crippen LogP) is 1.79. The van der Waals surface area contributed by atoms with Crippen LogP contribution in [-0.2, 0) is 0 Å². The summed E-state index contributed by atoms with van der Waals surface area (Å²) in [5, 5.41) is 9.33. The van der Waals surface area contributed by atoms with Crippen LogP contribution in [-0.4, -0.2) is 41.5 Å². The second-order valence-corrected chi connectivity index (χ2v) is 4.27. The molecule has 1 aliphatic rings. The number of benzene rings is 1. The van der Waals surface area contributed by atoms with Crippen molar-refractivity contribution in [2.24, 2.45) is 0 Å². The number of ether oxygens (including phenoxy) is 1. The van der Waals surface area contributed by atoms with Crippen LogP contribution in [0.1, 0.15) is 16.8 Å². The van der Waals surface area contributed by atoms with Crippen molar-refractivity contribution < 1.29 is 27.8 Å². The van der Waals surface area contributed by atoms with Crippen LogP contribution >= 0.6 is 0 Å². The number of hydrogen-bond donors (Lipinski definition) is 1. The number of halogens is 3. The number of carbonyl (C=O) groups is 1. The molecule has 1 atom stereocenters. The van der Waals surface area contributed by atoms with Crippen LogP contribution in [0.2, 0.25) is 0 Å². The summed E-state index contributed by atoms with van der Waals surface area (Å²) in [4.78, 5) is 13.4. The van der Waals surface area contributed by atoms with Crippen molar-refractivity contribution in [2.75, 3.05) is 13.1 Å². The topological polar surface area (TPSA) is 49.8 Å². The number of carbonyl (C=O) groups excluding carboxylic acids is 1. The molecule has 1 amide bonds. The smallest absolute Gasteiger partial charge is 0.406 e. The van der Waals surface area contributed by atoms with E-state index in [2.05, 4.69) is 4.74 Å². The van der Waals surface area contributed by atoms with Crippen LogP contribution in [0.25, 0.3) is 0 Å². The molecule has 0 aliphatic carbocycles. The second kappa shape index (κ2) is 5.08.